The number of hydrogen-bond acceptors (Lipinski definition) is 5. The van der Waals surface area contributed by atoms with E-state index >= 15 is 0 Å². The van der Waals surface area contributed by atoms with Crippen molar-refractivity contribution in [2.24, 2.45) is 23.7 Å². The zero-order chi connectivity index (χ0) is 22.6. The fourth-order valence-electron chi connectivity index (χ4n) is 5.00. The minimum atomic E-state index is -0.779. The molecular weight excluding hydrogens is 600 g/mol. The molecule has 3 aliphatic rings. The maximum absolute atomic E-state index is 12.8. The Kier molecular flexibility index (Phi) is 6.35. The van der Waals surface area contributed by atoms with Crippen LogP contribution in [0.3, 0.4) is 0 Å². The van der Waals surface area contributed by atoms with Crippen LogP contribution in [-0.2, 0) is 23.9 Å². The van der Waals surface area contributed by atoms with Gasteiger partial charge >= 0.3 is 5.97 Å². The molecule has 1 saturated heterocycles. The first-order valence-corrected chi connectivity index (χ1v) is 12.6. The average Bonchev–Trinajstić information content (AvgIpc) is 3.33. The summed E-state index contributed by atoms with van der Waals surface area (Å²) < 4.78 is 5.97. The lowest BCUT2D eigenvalue weighted by atomic mass is 9.81. The van der Waals surface area contributed by atoms with Crippen LogP contribution in [-0.4, -0.2) is 51.4 Å². The molecule has 0 spiro atoms. The van der Waals surface area contributed by atoms with Crippen LogP contribution in [0.1, 0.15) is 17.5 Å². The quantitative estimate of drug-likeness (QED) is 0.310. The molecule has 1 heterocycles. The molecule has 1 aliphatic heterocycles. The molecule has 3 fully saturated rings. The number of ether oxygens (including phenoxy) is 1. The predicted molar refractivity (Wildman–Crippen MR) is 124 cm³/mol. The first-order chi connectivity index (χ1) is 14.6. The Labute approximate surface area is 205 Å². The highest BCUT2D eigenvalue weighted by atomic mass is 79.9. The topological polar surface area (TPSA) is 92.8 Å². The average molecular weight is 621 g/mol. The number of alkyl halides is 2. The van der Waals surface area contributed by atoms with Gasteiger partial charge in [-0.15, -0.1) is 0 Å². The summed E-state index contributed by atoms with van der Waals surface area (Å²) >= 11 is 10.7. The molecular formula is C21H21Br3N2O5. The van der Waals surface area contributed by atoms with Gasteiger partial charge < -0.3 is 10.1 Å². The second-order valence-corrected chi connectivity index (χ2v) is 11.3. The van der Waals surface area contributed by atoms with Crippen LogP contribution in [0, 0.1) is 37.5 Å². The molecule has 4 rings (SSSR count). The Morgan fingerprint density at radius 2 is 1.65 bits per heavy atom. The summed E-state index contributed by atoms with van der Waals surface area (Å²) in [5.41, 5.74) is 2.53. The van der Waals surface area contributed by atoms with Gasteiger partial charge in [-0.3, -0.25) is 24.1 Å². The first kappa shape index (κ1) is 22.9. The molecule has 0 aromatic heterocycles. The van der Waals surface area contributed by atoms with Crippen LogP contribution < -0.4 is 5.32 Å². The lowest BCUT2D eigenvalue weighted by Gasteiger charge is -2.28. The van der Waals surface area contributed by atoms with E-state index < -0.39 is 25.0 Å². The van der Waals surface area contributed by atoms with Crippen LogP contribution in [0.4, 0.5) is 5.69 Å². The number of carbonyl (C=O) groups is 4. The first-order valence-electron chi connectivity index (χ1n) is 9.96. The van der Waals surface area contributed by atoms with Crippen molar-refractivity contribution in [3.63, 3.8) is 0 Å². The second-order valence-electron chi connectivity index (χ2n) is 8.32. The van der Waals surface area contributed by atoms with Gasteiger partial charge in [0.25, 0.3) is 5.91 Å². The van der Waals surface area contributed by atoms with E-state index in [1.807, 2.05) is 19.9 Å². The van der Waals surface area contributed by atoms with Crippen molar-refractivity contribution < 1.29 is 23.9 Å². The molecule has 1 N–H and O–H groups in total. The molecule has 2 aliphatic carbocycles. The summed E-state index contributed by atoms with van der Waals surface area (Å²) in [6.45, 7) is 2.85. The van der Waals surface area contributed by atoms with E-state index in [1.165, 1.54) is 0 Å². The number of nitrogens with one attached hydrogen (secondary N) is 1. The van der Waals surface area contributed by atoms with Gasteiger partial charge in [-0.25, -0.2) is 0 Å². The standard InChI is InChI=1S/C21H21Br3N2O5/c1-8-9(2)13(4-3-12(8)22)25-14(27)7-31-15(28)6-26-20(29)16-10-5-11(17(16)21(26)30)19(24)18(10)23/h3-4,10-11,16-19H,5-7H2,1-2H3,(H,25,27)/t10-,11-,16-,17-,18-,19+/m1/s1. The molecule has 1 aromatic carbocycles. The van der Waals surface area contributed by atoms with Gasteiger partial charge in [0, 0.05) is 19.8 Å². The number of nitrogens with zero attached hydrogens (tertiary/aromatic N) is 1. The Morgan fingerprint density at radius 3 is 2.23 bits per heavy atom. The van der Waals surface area contributed by atoms with Gasteiger partial charge in [-0.1, -0.05) is 47.8 Å². The number of esters is 1. The predicted octanol–water partition coefficient (Wildman–Crippen LogP) is 3.33. The van der Waals surface area contributed by atoms with Crippen molar-refractivity contribution in [2.45, 2.75) is 29.9 Å². The van der Waals surface area contributed by atoms with E-state index in [9.17, 15) is 19.2 Å². The van der Waals surface area contributed by atoms with Gasteiger partial charge in [-0.05, 0) is 55.4 Å². The van der Waals surface area contributed by atoms with Crippen LogP contribution in [0.25, 0.3) is 0 Å². The lowest BCUT2D eigenvalue weighted by Crippen LogP contribution is -2.38. The smallest absolute Gasteiger partial charge is 0.326 e. The van der Waals surface area contributed by atoms with E-state index in [1.54, 1.807) is 6.07 Å². The third-order valence-corrected chi connectivity index (χ3v) is 10.8. The van der Waals surface area contributed by atoms with Crippen LogP contribution in [0.5, 0.6) is 0 Å². The number of halogens is 3. The molecule has 0 radical (unpaired) electrons. The van der Waals surface area contributed by atoms with E-state index in [4.69, 9.17) is 4.74 Å². The Hall–Kier alpha value is -1.26. The summed E-state index contributed by atoms with van der Waals surface area (Å²) in [6, 6.07) is 3.59. The zero-order valence-electron chi connectivity index (χ0n) is 16.9. The van der Waals surface area contributed by atoms with Crippen molar-refractivity contribution in [2.75, 3.05) is 18.5 Å². The molecule has 1 aromatic rings. The third-order valence-electron chi connectivity index (χ3n) is 6.73. The van der Waals surface area contributed by atoms with Gasteiger partial charge in [0.1, 0.15) is 6.54 Å². The number of rotatable bonds is 5. The van der Waals surface area contributed by atoms with Crippen LogP contribution in [0.15, 0.2) is 16.6 Å². The van der Waals surface area contributed by atoms with Crippen LogP contribution in [0.2, 0.25) is 0 Å². The maximum atomic E-state index is 12.8. The van der Waals surface area contributed by atoms with Crippen LogP contribution >= 0.6 is 47.8 Å². The minimum Gasteiger partial charge on any atom is -0.454 e. The molecule has 2 saturated carbocycles. The molecule has 3 amide bonds. The number of likely N-dealkylation sites (tertiary alicyclic amines) is 1. The Bertz CT molecular complexity index is 952. The van der Waals surface area contributed by atoms with Gasteiger partial charge in [0.05, 0.1) is 11.8 Å². The van der Waals surface area contributed by atoms with Crippen molar-refractivity contribution in [1.82, 2.24) is 4.90 Å². The number of carbonyl (C=O) groups excluding carboxylic acids is 4. The summed E-state index contributed by atoms with van der Waals surface area (Å²) in [5.74, 6) is -2.48. The molecule has 10 heteroatoms. The number of benzene rings is 1. The van der Waals surface area contributed by atoms with E-state index in [0.717, 1.165) is 26.9 Å². The van der Waals surface area contributed by atoms with E-state index in [0.29, 0.717) is 5.69 Å². The fraction of sp³-hybridized carbons (Fsp3) is 0.524. The highest BCUT2D eigenvalue weighted by Gasteiger charge is 2.66. The van der Waals surface area contributed by atoms with Gasteiger partial charge in [0.2, 0.25) is 11.8 Å². The highest BCUT2D eigenvalue weighted by Crippen LogP contribution is 2.60. The maximum Gasteiger partial charge on any atom is 0.326 e. The number of fused-ring (bicyclic) bond motifs is 5. The Balaban J connectivity index is 1.33. The van der Waals surface area contributed by atoms with Crippen molar-refractivity contribution in [3.8, 4) is 0 Å². The third kappa shape index (κ3) is 3.88. The molecule has 7 nitrogen and oxygen atoms in total. The molecule has 6 atom stereocenters. The molecule has 31 heavy (non-hydrogen) atoms. The number of anilines is 1. The normalized spacial score (nSPS) is 31.2. The van der Waals surface area contributed by atoms with E-state index in [-0.39, 0.29) is 45.1 Å². The summed E-state index contributed by atoms with van der Waals surface area (Å²) in [6.07, 6.45) is 0.825. The number of hydrogen-bond donors (Lipinski definition) is 1. The number of amides is 3. The number of imide groups is 1. The van der Waals surface area contributed by atoms with Crippen molar-refractivity contribution in [1.29, 1.82) is 0 Å². The monoisotopic (exact) mass is 618 g/mol. The van der Waals surface area contributed by atoms with Gasteiger partial charge in [-0.2, -0.15) is 0 Å². The SMILES string of the molecule is Cc1c(Br)ccc(NC(=O)COC(=O)CN2C(=O)[C@@H]3[C@H]4C[C@@H]([C@@H](Br)[C@H]4Br)[C@H]3C2=O)c1C. The summed E-state index contributed by atoms with van der Waals surface area (Å²) in [4.78, 5) is 51.4. The van der Waals surface area contributed by atoms with Gasteiger partial charge in [0.15, 0.2) is 6.61 Å². The largest absolute Gasteiger partial charge is 0.454 e. The van der Waals surface area contributed by atoms with Crippen molar-refractivity contribution in [3.05, 3.63) is 27.7 Å². The van der Waals surface area contributed by atoms with E-state index in [2.05, 4.69) is 53.1 Å². The second kappa shape index (κ2) is 8.59. The zero-order valence-corrected chi connectivity index (χ0v) is 21.6. The lowest BCUT2D eigenvalue weighted by molar-refractivity contribution is -0.154. The summed E-state index contributed by atoms with van der Waals surface area (Å²) in [5, 5.41) is 2.71. The fourth-order valence-corrected chi connectivity index (χ4v) is 7.30. The molecule has 2 bridgehead atoms. The molecule has 0 unspecified atom stereocenters. The van der Waals surface area contributed by atoms with Crippen molar-refractivity contribution >= 4 is 77.2 Å². The Morgan fingerprint density at radius 1 is 1.06 bits per heavy atom. The summed E-state index contributed by atoms with van der Waals surface area (Å²) in [7, 11) is 0. The molecule has 166 valence electrons. The highest BCUT2D eigenvalue weighted by molar-refractivity contribution is 9.12. The minimum absolute atomic E-state index is 0.0835.